The molecule has 0 saturated heterocycles. The Balaban J connectivity index is 1.41. The molecule has 2 aromatic rings. The minimum atomic E-state index is -2.67. The average Bonchev–Trinajstić information content (AvgIpc) is 2.99. The Labute approximate surface area is 260 Å². The van der Waals surface area contributed by atoms with Gasteiger partial charge < -0.3 is 26.2 Å². The molecular formula is C33H36ClN3O7. The highest BCUT2D eigenvalue weighted by Crippen LogP contribution is 2.53. The van der Waals surface area contributed by atoms with Gasteiger partial charge in [0.2, 0.25) is 5.78 Å². The number of halogens is 1. The van der Waals surface area contributed by atoms with E-state index in [0.29, 0.717) is 35.8 Å². The molecule has 11 heteroatoms. The van der Waals surface area contributed by atoms with Crippen molar-refractivity contribution in [1.82, 2.24) is 9.80 Å². The summed E-state index contributed by atoms with van der Waals surface area (Å²) in [6, 6.07) is 8.69. The van der Waals surface area contributed by atoms with Gasteiger partial charge in [-0.25, -0.2) is 0 Å². The van der Waals surface area contributed by atoms with Crippen LogP contribution in [-0.2, 0) is 35.5 Å². The van der Waals surface area contributed by atoms with Crippen LogP contribution in [0.25, 0.3) is 0 Å². The fourth-order valence-electron chi connectivity index (χ4n) is 7.84. The molecule has 10 nitrogen and oxygen atoms in total. The fraction of sp³-hybridized carbons (Fsp3) is 0.424. The maximum absolute atomic E-state index is 14.0. The lowest BCUT2D eigenvalue weighted by atomic mass is 9.58. The van der Waals surface area contributed by atoms with Crippen molar-refractivity contribution < 1.29 is 34.8 Å². The zero-order valence-electron chi connectivity index (χ0n) is 24.6. The largest absolute Gasteiger partial charge is 0.510 e. The molecule has 44 heavy (non-hydrogen) atoms. The Kier molecular flexibility index (Phi) is 7.60. The molecular weight excluding hydrogens is 586 g/mol. The van der Waals surface area contributed by atoms with Crippen LogP contribution in [-0.4, -0.2) is 79.0 Å². The number of hydrogen-bond donors (Lipinski definition) is 5. The van der Waals surface area contributed by atoms with Crippen LogP contribution < -0.4 is 5.73 Å². The first-order valence-corrected chi connectivity index (χ1v) is 15.4. The topological polar surface area (TPSA) is 165 Å². The summed E-state index contributed by atoms with van der Waals surface area (Å²) >= 11 is 6.96. The third kappa shape index (κ3) is 4.38. The first kappa shape index (κ1) is 30.3. The summed E-state index contributed by atoms with van der Waals surface area (Å²) in [6.45, 7) is 6.42. The Hall–Kier alpha value is -3.70. The molecule has 1 amide bonds. The number of phenols is 1. The van der Waals surface area contributed by atoms with Gasteiger partial charge in [0, 0.05) is 36.1 Å². The number of aliphatic hydroxyl groups is 3. The van der Waals surface area contributed by atoms with Gasteiger partial charge in [0.1, 0.15) is 22.8 Å². The zero-order chi connectivity index (χ0) is 31.7. The smallest absolute Gasteiger partial charge is 0.255 e. The van der Waals surface area contributed by atoms with Crippen molar-refractivity contribution in [3.63, 3.8) is 0 Å². The second kappa shape index (κ2) is 11.0. The van der Waals surface area contributed by atoms with Gasteiger partial charge in [0.25, 0.3) is 5.91 Å². The van der Waals surface area contributed by atoms with E-state index >= 15 is 0 Å². The number of allylic oxidation sites excluding steroid dienone is 1. The number of rotatable bonds is 6. The lowest BCUT2D eigenvalue weighted by Gasteiger charge is -2.51. The molecule has 1 aliphatic heterocycles. The Morgan fingerprint density at radius 3 is 2.48 bits per heavy atom. The lowest BCUT2D eigenvalue weighted by Crippen LogP contribution is -2.64. The van der Waals surface area contributed by atoms with Gasteiger partial charge in [-0.1, -0.05) is 49.7 Å². The average molecular weight is 622 g/mol. The van der Waals surface area contributed by atoms with Crippen molar-refractivity contribution in [2.45, 2.75) is 57.8 Å². The number of fused-ring (bicyclic) bond motifs is 4. The third-order valence-corrected chi connectivity index (χ3v) is 10.5. The Bertz CT molecular complexity index is 1660. The zero-order valence-corrected chi connectivity index (χ0v) is 25.4. The predicted molar refractivity (Wildman–Crippen MR) is 162 cm³/mol. The number of aliphatic hydroxyl groups excluding tert-OH is 2. The van der Waals surface area contributed by atoms with E-state index in [1.54, 1.807) is 4.90 Å². The van der Waals surface area contributed by atoms with E-state index in [0.717, 1.165) is 19.5 Å². The van der Waals surface area contributed by atoms with Crippen LogP contribution in [0.4, 0.5) is 0 Å². The number of nitrogens with two attached hydrogens (primary N) is 1. The number of carbonyl (C=O) groups excluding carboxylic acids is 3. The van der Waals surface area contributed by atoms with Crippen molar-refractivity contribution in [2.75, 3.05) is 19.6 Å². The van der Waals surface area contributed by atoms with E-state index in [9.17, 15) is 34.8 Å². The minimum Gasteiger partial charge on any atom is -0.510 e. The van der Waals surface area contributed by atoms with E-state index in [1.165, 1.54) is 17.2 Å². The predicted octanol–water partition coefficient (Wildman–Crippen LogP) is 3.11. The fourth-order valence-corrected chi connectivity index (χ4v) is 8.12. The number of phenolic OH excluding ortho intramolecular Hbond substituents is 1. The molecule has 0 aromatic heterocycles. The molecule has 6 N–H and O–H groups in total. The van der Waals surface area contributed by atoms with Gasteiger partial charge >= 0.3 is 0 Å². The normalized spacial score (nSPS) is 26.8. The summed E-state index contributed by atoms with van der Waals surface area (Å²) in [5, 5.41) is 46.1. The van der Waals surface area contributed by atoms with Gasteiger partial charge in [-0.3, -0.25) is 24.2 Å². The van der Waals surface area contributed by atoms with Gasteiger partial charge in [-0.15, -0.1) is 0 Å². The molecule has 2 aromatic carbocycles. The monoisotopic (exact) mass is 621 g/mol. The molecule has 0 fully saturated rings. The number of amides is 1. The highest BCUT2D eigenvalue weighted by molar-refractivity contribution is 6.33. The Morgan fingerprint density at radius 1 is 1.14 bits per heavy atom. The highest BCUT2D eigenvalue weighted by Gasteiger charge is 2.63. The number of likely N-dealkylation sites (N-methyl/N-ethyl adjacent to an activating group) is 1. The van der Waals surface area contributed by atoms with Gasteiger partial charge in [-0.05, 0) is 66.6 Å². The molecule has 0 spiro atoms. The number of hydrogen-bond acceptors (Lipinski definition) is 9. The first-order chi connectivity index (χ1) is 20.9. The van der Waals surface area contributed by atoms with Gasteiger partial charge in [0.15, 0.2) is 11.4 Å². The van der Waals surface area contributed by atoms with Crippen molar-refractivity contribution in [3.05, 3.63) is 85.8 Å². The molecule has 4 atom stereocenters. The molecule has 0 saturated carbocycles. The van der Waals surface area contributed by atoms with Crippen LogP contribution in [0.15, 0.2) is 53.0 Å². The first-order valence-electron chi connectivity index (χ1n) is 15.0. The maximum Gasteiger partial charge on any atom is 0.255 e. The van der Waals surface area contributed by atoms with E-state index in [2.05, 4.69) is 17.0 Å². The lowest BCUT2D eigenvalue weighted by molar-refractivity contribution is -0.149. The number of Topliss-reactive ketones (excluding diaryl/α,β-unsaturated/α-hetero) is 2. The SMILES string of the molecule is CCN(CC)[C@@H]1C(O)=C(C(N)=O)C(=O)[C@@]2(O)C(O)=C3C(=O)c4c(O)cc(CN5CCc6ccccc6C5)c(Cl)c4C[C@H]3C[C@@H]12. The number of benzene rings is 2. The molecule has 0 radical (unpaired) electrons. The number of carbonyl (C=O) groups is 3. The second-order valence-electron chi connectivity index (χ2n) is 12.2. The number of nitrogens with zero attached hydrogens (tertiary/aromatic N) is 2. The van der Waals surface area contributed by atoms with Crippen LogP contribution in [0, 0.1) is 11.8 Å². The summed E-state index contributed by atoms with van der Waals surface area (Å²) in [7, 11) is 0. The number of ketones is 2. The summed E-state index contributed by atoms with van der Waals surface area (Å²) in [6.07, 6.45) is 1.06. The molecule has 0 unspecified atom stereocenters. The molecule has 3 aliphatic carbocycles. The van der Waals surface area contributed by atoms with Crippen molar-refractivity contribution in [1.29, 1.82) is 0 Å². The number of aromatic hydroxyl groups is 1. The molecule has 232 valence electrons. The van der Waals surface area contributed by atoms with Crippen LogP contribution in [0.1, 0.15) is 52.9 Å². The van der Waals surface area contributed by atoms with Crippen molar-refractivity contribution >= 4 is 29.1 Å². The van der Waals surface area contributed by atoms with Crippen LogP contribution in [0.5, 0.6) is 5.75 Å². The molecule has 0 bridgehead atoms. The third-order valence-electron chi connectivity index (χ3n) is 9.98. The summed E-state index contributed by atoms with van der Waals surface area (Å²) < 4.78 is 0. The minimum absolute atomic E-state index is 0.0221. The van der Waals surface area contributed by atoms with Crippen LogP contribution >= 0.6 is 11.6 Å². The standard InChI is InChI=1S/C33H36ClN3O7/c1-3-37(4-2)27-21-12-18-11-20-24(28(39)23(18)30(41)33(21,44)31(42)25(29(27)40)32(35)43)22(38)13-19(26(20)34)15-36-10-9-16-7-5-6-8-17(16)14-36/h5-8,13,18,21,27,38,40-41,44H,3-4,9-12,14-15H2,1-2H3,(H2,35,43)/t18-,21-,27-,33-/m0/s1. The van der Waals surface area contributed by atoms with Crippen molar-refractivity contribution in [3.8, 4) is 5.75 Å². The second-order valence-corrected chi connectivity index (χ2v) is 12.6. The quantitative estimate of drug-likeness (QED) is 0.305. The van der Waals surface area contributed by atoms with Crippen LogP contribution in [0.3, 0.4) is 0 Å². The maximum atomic E-state index is 14.0. The summed E-state index contributed by atoms with van der Waals surface area (Å²) in [5.74, 6) is -6.75. The van der Waals surface area contributed by atoms with Crippen molar-refractivity contribution in [2.24, 2.45) is 17.6 Å². The highest BCUT2D eigenvalue weighted by atomic mass is 35.5. The molecule has 4 aliphatic rings. The molecule has 6 rings (SSSR count). The summed E-state index contributed by atoms with van der Waals surface area (Å²) in [4.78, 5) is 43.9. The van der Waals surface area contributed by atoms with E-state index in [-0.39, 0.29) is 29.7 Å². The van der Waals surface area contributed by atoms with E-state index < -0.39 is 58.0 Å². The van der Waals surface area contributed by atoms with Gasteiger partial charge in [0.05, 0.1) is 11.6 Å². The summed E-state index contributed by atoms with van der Waals surface area (Å²) in [5.41, 5.74) is 5.33. The Morgan fingerprint density at radius 2 is 1.82 bits per heavy atom. The van der Waals surface area contributed by atoms with Gasteiger partial charge in [-0.2, -0.15) is 0 Å². The molecule has 1 heterocycles. The van der Waals surface area contributed by atoms with Crippen LogP contribution in [0.2, 0.25) is 5.02 Å². The van der Waals surface area contributed by atoms with E-state index in [1.807, 2.05) is 26.0 Å². The number of primary amides is 1. The van der Waals surface area contributed by atoms with E-state index in [4.69, 9.17) is 17.3 Å².